The summed E-state index contributed by atoms with van der Waals surface area (Å²) in [5.41, 5.74) is 4.89. The number of nitrogens with one attached hydrogen (secondary N) is 1. The van der Waals surface area contributed by atoms with Gasteiger partial charge in [-0.25, -0.2) is 0 Å². The summed E-state index contributed by atoms with van der Waals surface area (Å²) in [5, 5.41) is 15.7. The zero-order valence-electron chi connectivity index (χ0n) is 19.8. The number of hydrogen-bond donors (Lipinski definition) is 2. The second kappa shape index (κ2) is 9.04. The van der Waals surface area contributed by atoms with Gasteiger partial charge in [-0.05, 0) is 49.1 Å². The molecule has 178 valence electrons. The molecular weight excluding hydrogens is 426 g/mol. The Bertz CT molecular complexity index is 1180. The summed E-state index contributed by atoms with van der Waals surface area (Å²) < 4.78 is 5.55. The van der Waals surface area contributed by atoms with Crippen LogP contribution in [0, 0.1) is 0 Å². The molecule has 2 fully saturated rings. The standard InChI is InChI=1S/C27H33N5O2/c1-34-27-29-23-17-31(24-9-3-7-18-5-2-6-19(25(18)24)8-4-14-33)13-12-22(23)26(30-27)32-15-20-10-11-21(16-32)28-20/h2-3,5-7,9,20-21,28,33H,4,8,10-17H2,1H3. The van der Waals surface area contributed by atoms with Crippen LogP contribution in [-0.4, -0.2) is 60.5 Å². The van der Waals surface area contributed by atoms with Gasteiger partial charge in [0, 0.05) is 55.0 Å². The second-order valence-corrected chi connectivity index (χ2v) is 9.79. The Morgan fingerprint density at radius 2 is 1.85 bits per heavy atom. The maximum Gasteiger partial charge on any atom is 0.318 e. The lowest BCUT2D eigenvalue weighted by Gasteiger charge is -2.37. The van der Waals surface area contributed by atoms with Crippen LogP contribution in [0.15, 0.2) is 36.4 Å². The van der Waals surface area contributed by atoms with E-state index in [1.165, 1.54) is 40.4 Å². The summed E-state index contributed by atoms with van der Waals surface area (Å²) in [7, 11) is 1.66. The number of benzene rings is 2. The van der Waals surface area contributed by atoms with Gasteiger partial charge in [0.2, 0.25) is 0 Å². The number of ether oxygens (including phenoxy) is 1. The van der Waals surface area contributed by atoms with Crippen LogP contribution in [0.3, 0.4) is 0 Å². The number of piperazine rings is 1. The molecule has 0 radical (unpaired) electrons. The summed E-state index contributed by atoms with van der Waals surface area (Å²) >= 11 is 0. The molecular formula is C27H33N5O2. The lowest BCUT2D eigenvalue weighted by atomic mass is 9.97. The molecule has 0 aliphatic carbocycles. The second-order valence-electron chi connectivity index (χ2n) is 9.79. The quantitative estimate of drug-likeness (QED) is 0.587. The number of aromatic nitrogens is 2. The molecule has 0 amide bonds. The van der Waals surface area contributed by atoms with Crippen molar-refractivity contribution in [1.82, 2.24) is 15.3 Å². The number of nitrogens with zero attached hydrogens (tertiary/aromatic N) is 4. The van der Waals surface area contributed by atoms with Crippen LogP contribution in [0.4, 0.5) is 11.5 Å². The van der Waals surface area contributed by atoms with E-state index < -0.39 is 0 Å². The van der Waals surface area contributed by atoms with Crippen molar-refractivity contribution in [2.45, 2.75) is 50.7 Å². The van der Waals surface area contributed by atoms with Crippen molar-refractivity contribution >= 4 is 22.3 Å². The average Bonchev–Trinajstić information content (AvgIpc) is 3.23. The monoisotopic (exact) mass is 459 g/mol. The largest absolute Gasteiger partial charge is 0.467 e. The fraction of sp³-hybridized carbons (Fsp3) is 0.481. The topological polar surface area (TPSA) is 73.8 Å². The molecule has 0 spiro atoms. The van der Waals surface area contributed by atoms with Crippen molar-refractivity contribution in [2.24, 2.45) is 0 Å². The zero-order chi connectivity index (χ0) is 23.1. The highest BCUT2D eigenvalue weighted by molar-refractivity contribution is 5.97. The first-order chi connectivity index (χ1) is 16.7. The van der Waals surface area contributed by atoms with Crippen LogP contribution < -0.4 is 19.9 Å². The maximum absolute atomic E-state index is 9.40. The number of anilines is 2. The first kappa shape index (κ1) is 21.6. The fourth-order valence-electron chi connectivity index (χ4n) is 6.06. The lowest BCUT2D eigenvalue weighted by Crippen LogP contribution is -2.52. The normalized spacial score (nSPS) is 21.7. The van der Waals surface area contributed by atoms with Gasteiger partial charge in [0.05, 0.1) is 19.3 Å². The third kappa shape index (κ3) is 3.87. The van der Waals surface area contributed by atoms with E-state index in [0.717, 1.165) is 57.0 Å². The van der Waals surface area contributed by atoms with Crippen molar-refractivity contribution in [3.8, 4) is 6.01 Å². The van der Waals surface area contributed by atoms with Crippen molar-refractivity contribution < 1.29 is 9.84 Å². The Hall–Kier alpha value is -2.90. The molecule has 2 unspecified atom stereocenters. The minimum absolute atomic E-state index is 0.211. The van der Waals surface area contributed by atoms with Crippen LogP contribution in [0.2, 0.25) is 0 Å². The predicted octanol–water partition coefficient (Wildman–Crippen LogP) is 3.07. The Kier molecular flexibility index (Phi) is 5.75. The molecule has 2 aromatic carbocycles. The van der Waals surface area contributed by atoms with Crippen LogP contribution in [-0.2, 0) is 19.4 Å². The van der Waals surface area contributed by atoms with Crippen LogP contribution in [0.5, 0.6) is 6.01 Å². The number of fused-ring (bicyclic) bond motifs is 4. The number of rotatable bonds is 6. The van der Waals surface area contributed by atoms with Gasteiger partial charge in [-0.3, -0.25) is 0 Å². The molecule has 2 N–H and O–H groups in total. The molecule has 0 saturated carbocycles. The fourth-order valence-corrected chi connectivity index (χ4v) is 6.06. The highest BCUT2D eigenvalue weighted by atomic mass is 16.5. The number of hydrogen-bond acceptors (Lipinski definition) is 7. The van der Waals surface area contributed by atoms with Crippen LogP contribution in [0.25, 0.3) is 10.8 Å². The number of aryl methyl sites for hydroxylation is 1. The third-order valence-corrected chi connectivity index (χ3v) is 7.64. The molecule has 6 rings (SSSR count). The molecule has 2 bridgehead atoms. The van der Waals surface area contributed by atoms with Crippen LogP contribution in [0.1, 0.15) is 36.1 Å². The molecule has 3 aromatic rings. The van der Waals surface area contributed by atoms with E-state index in [1.807, 2.05) is 0 Å². The molecule has 1 aromatic heterocycles. The van der Waals surface area contributed by atoms with Crippen molar-refractivity contribution in [3.63, 3.8) is 0 Å². The van der Waals surface area contributed by atoms with Gasteiger partial charge in [-0.15, -0.1) is 0 Å². The minimum atomic E-state index is 0.211. The number of aliphatic hydroxyl groups excluding tert-OH is 1. The van der Waals surface area contributed by atoms with E-state index in [2.05, 4.69) is 51.5 Å². The Labute approximate surface area is 200 Å². The summed E-state index contributed by atoms with van der Waals surface area (Å²) in [4.78, 5) is 14.6. The van der Waals surface area contributed by atoms with E-state index in [0.29, 0.717) is 18.1 Å². The van der Waals surface area contributed by atoms with Gasteiger partial charge in [-0.1, -0.05) is 30.3 Å². The van der Waals surface area contributed by atoms with Gasteiger partial charge in [-0.2, -0.15) is 9.97 Å². The van der Waals surface area contributed by atoms with E-state index in [-0.39, 0.29) is 6.61 Å². The number of methoxy groups -OCH3 is 1. The SMILES string of the molecule is COc1nc2c(c(N3CC4CCC(C3)N4)n1)CCN(c1cccc3cccc(CCCO)c13)C2. The van der Waals surface area contributed by atoms with Crippen molar-refractivity contribution in [3.05, 3.63) is 53.2 Å². The molecule has 34 heavy (non-hydrogen) atoms. The summed E-state index contributed by atoms with van der Waals surface area (Å²) in [6.45, 7) is 3.90. The van der Waals surface area contributed by atoms with Gasteiger partial charge >= 0.3 is 6.01 Å². The van der Waals surface area contributed by atoms with E-state index in [1.54, 1.807) is 7.11 Å². The predicted molar refractivity (Wildman–Crippen MR) is 135 cm³/mol. The maximum atomic E-state index is 9.40. The summed E-state index contributed by atoms with van der Waals surface area (Å²) in [5.74, 6) is 1.07. The van der Waals surface area contributed by atoms with Crippen LogP contribution >= 0.6 is 0 Å². The Balaban J connectivity index is 1.36. The van der Waals surface area contributed by atoms with Gasteiger partial charge in [0.1, 0.15) is 5.82 Å². The summed E-state index contributed by atoms with van der Waals surface area (Å²) in [6.07, 6.45) is 5.07. The Morgan fingerprint density at radius 3 is 2.62 bits per heavy atom. The highest BCUT2D eigenvalue weighted by Gasteiger charge is 2.35. The molecule has 2 atom stereocenters. The first-order valence-electron chi connectivity index (χ1n) is 12.5. The van der Waals surface area contributed by atoms with E-state index in [4.69, 9.17) is 14.7 Å². The molecule has 3 aliphatic heterocycles. The van der Waals surface area contributed by atoms with E-state index >= 15 is 0 Å². The van der Waals surface area contributed by atoms with Gasteiger partial charge in [0.25, 0.3) is 0 Å². The molecule has 7 heteroatoms. The Morgan fingerprint density at radius 1 is 1.06 bits per heavy atom. The smallest absolute Gasteiger partial charge is 0.318 e. The van der Waals surface area contributed by atoms with E-state index in [9.17, 15) is 5.11 Å². The average molecular weight is 460 g/mol. The number of aliphatic hydroxyl groups is 1. The van der Waals surface area contributed by atoms with Gasteiger partial charge < -0.3 is 25.0 Å². The molecule has 2 saturated heterocycles. The van der Waals surface area contributed by atoms with Crippen molar-refractivity contribution in [1.29, 1.82) is 0 Å². The molecule has 7 nitrogen and oxygen atoms in total. The minimum Gasteiger partial charge on any atom is -0.467 e. The zero-order valence-corrected chi connectivity index (χ0v) is 19.8. The third-order valence-electron chi connectivity index (χ3n) is 7.64. The lowest BCUT2D eigenvalue weighted by molar-refractivity contribution is 0.289. The summed E-state index contributed by atoms with van der Waals surface area (Å²) in [6, 6.07) is 14.6. The first-order valence-corrected chi connectivity index (χ1v) is 12.5. The molecule has 3 aliphatic rings. The van der Waals surface area contributed by atoms with Crippen molar-refractivity contribution in [2.75, 3.05) is 43.2 Å². The molecule has 4 heterocycles. The highest BCUT2D eigenvalue weighted by Crippen LogP contribution is 2.36. The van der Waals surface area contributed by atoms with Gasteiger partial charge in [0.15, 0.2) is 0 Å².